The molecule has 2 amide bonds. The van der Waals surface area contributed by atoms with E-state index >= 15 is 0 Å². The number of piperazine rings is 1. The van der Waals surface area contributed by atoms with E-state index in [1.54, 1.807) is 40.3 Å². The number of amides is 2. The molecule has 0 bridgehead atoms. The highest BCUT2D eigenvalue weighted by molar-refractivity contribution is 6.30. The van der Waals surface area contributed by atoms with Gasteiger partial charge in [0.1, 0.15) is 5.75 Å². The van der Waals surface area contributed by atoms with Gasteiger partial charge in [-0.1, -0.05) is 11.6 Å². The van der Waals surface area contributed by atoms with E-state index in [2.05, 4.69) is 4.98 Å². The van der Waals surface area contributed by atoms with Crippen molar-refractivity contribution in [2.45, 2.75) is 6.42 Å². The first-order valence-corrected chi connectivity index (χ1v) is 8.56. The number of hydrogen-bond acceptors (Lipinski definition) is 3. The molecule has 1 aromatic carbocycles. The number of aromatic nitrogens is 1. The van der Waals surface area contributed by atoms with Gasteiger partial charge in [0.25, 0.3) is 5.91 Å². The molecule has 0 saturated carbocycles. The molecule has 6 nitrogen and oxygen atoms in total. The number of benzene rings is 1. The number of carbonyl (C=O) groups is 2. The summed E-state index contributed by atoms with van der Waals surface area (Å²) >= 11 is 5.81. The van der Waals surface area contributed by atoms with Gasteiger partial charge < -0.3 is 19.5 Å². The number of carbonyl (C=O) groups excluding carboxylic acids is 2. The molecule has 1 aliphatic rings. The van der Waals surface area contributed by atoms with Gasteiger partial charge in [-0.05, 0) is 36.4 Å². The van der Waals surface area contributed by atoms with Crippen LogP contribution in [0.2, 0.25) is 5.02 Å². The van der Waals surface area contributed by atoms with Crippen molar-refractivity contribution in [1.82, 2.24) is 14.8 Å². The summed E-state index contributed by atoms with van der Waals surface area (Å²) in [4.78, 5) is 31.0. The van der Waals surface area contributed by atoms with Gasteiger partial charge in [-0.3, -0.25) is 9.59 Å². The van der Waals surface area contributed by atoms with E-state index in [1.165, 1.54) is 0 Å². The lowest BCUT2D eigenvalue weighted by Gasteiger charge is -2.34. The van der Waals surface area contributed by atoms with Gasteiger partial charge in [0, 0.05) is 43.1 Å². The quantitative estimate of drug-likeness (QED) is 0.885. The van der Waals surface area contributed by atoms with E-state index in [4.69, 9.17) is 16.3 Å². The number of nitrogens with one attached hydrogen (secondary N) is 1. The normalized spacial score (nSPS) is 14.4. The van der Waals surface area contributed by atoms with Crippen molar-refractivity contribution in [3.63, 3.8) is 0 Å². The molecule has 2 heterocycles. The van der Waals surface area contributed by atoms with Crippen LogP contribution in [0.15, 0.2) is 42.6 Å². The second-order valence-corrected chi connectivity index (χ2v) is 6.31. The maximum Gasteiger partial charge on any atom is 0.260 e. The van der Waals surface area contributed by atoms with Crippen LogP contribution in [0.5, 0.6) is 5.75 Å². The van der Waals surface area contributed by atoms with Crippen LogP contribution in [-0.4, -0.2) is 59.4 Å². The topological polar surface area (TPSA) is 65.6 Å². The van der Waals surface area contributed by atoms with Gasteiger partial charge in [-0.2, -0.15) is 0 Å². The summed E-state index contributed by atoms with van der Waals surface area (Å²) in [5, 5.41) is 0.624. The van der Waals surface area contributed by atoms with Crippen molar-refractivity contribution in [2.75, 3.05) is 32.8 Å². The van der Waals surface area contributed by atoms with Gasteiger partial charge in [0.2, 0.25) is 5.91 Å². The lowest BCUT2D eigenvalue weighted by atomic mass is 10.2. The molecule has 25 heavy (non-hydrogen) atoms. The fraction of sp³-hybridized carbons (Fsp3) is 0.333. The molecule has 1 saturated heterocycles. The number of H-pyrrole nitrogens is 1. The number of rotatable bonds is 5. The zero-order chi connectivity index (χ0) is 17.6. The molecular formula is C18H20ClN3O3. The Hall–Kier alpha value is -2.47. The molecule has 0 radical (unpaired) electrons. The molecule has 2 aromatic rings. The predicted octanol–water partition coefficient (Wildman–Crippen LogP) is 1.96. The van der Waals surface area contributed by atoms with Crippen LogP contribution >= 0.6 is 11.6 Å². The Labute approximate surface area is 151 Å². The summed E-state index contributed by atoms with van der Waals surface area (Å²) in [6, 6.07) is 10.7. The van der Waals surface area contributed by atoms with E-state index in [1.807, 2.05) is 12.1 Å². The first-order chi connectivity index (χ1) is 12.1. The average Bonchev–Trinajstić information content (AvgIpc) is 3.14. The third kappa shape index (κ3) is 4.76. The molecule has 3 rings (SSSR count). The van der Waals surface area contributed by atoms with Crippen LogP contribution in [0.25, 0.3) is 0 Å². The summed E-state index contributed by atoms with van der Waals surface area (Å²) in [7, 11) is 0. The lowest BCUT2D eigenvalue weighted by molar-refractivity contribution is -0.140. The van der Waals surface area contributed by atoms with E-state index in [0.717, 1.165) is 5.69 Å². The minimum atomic E-state index is -0.0774. The SMILES string of the molecule is O=C(COc1ccc(Cl)cc1)N1CCN(C(=O)Cc2ccc[nH]2)CC1. The Bertz CT molecular complexity index is 708. The maximum absolute atomic E-state index is 12.2. The van der Waals surface area contributed by atoms with E-state index in [-0.39, 0.29) is 18.4 Å². The second-order valence-electron chi connectivity index (χ2n) is 5.88. The number of halogens is 1. The van der Waals surface area contributed by atoms with Crippen molar-refractivity contribution in [3.05, 3.63) is 53.3 Å². The third-order valence-electron chi connectivity index (χ3n) is 4.17. The third-order valence-corrected chi connectivity index (χ3v) is 4.42. The zero-order valence-electron chi connectivity index (χ0n) is 13.8. The molecule has 1 N–H and O–H groups in total. The summed E-state index contributed by atoms with van der Waals surface area (Å²) in [5.74, 6) is 0.607. The van der Waals surface area contributed by atoms with Crippen molar-refractivity contribution in [2.24, 2.45) is 0 Å². The van der Waals surface area contributed by atoms with E-state index < -0.39 is 0 Å². The lowest BCUT2D eigenvalue weighted by Crippen LogP contribution is -2.52. The van der Waals surface area contributed by atoms with Crippen molar-refractivity contribution in [3.8, 4) is 5.75 Å². The number of aromatic amines is 1. The second kappa shape index (κ2) is 8.07. The Balaban J connectivity index is 1.42. The van der Waals surface area contributed by atoms with Crippen LogP contribution < -0.4 is 4.74 Å². The highest BCUT2D eigenvalue weighted by Crippen LogP contribution is 2.15. The molecule has 1 aromatic heterocycles. The summed E-state index contributed by atoms with van der Waals surface area (Å²) in [6.07, 6.45) is 2.17. The molecule has 132 valence electrons. The number of hydrogen-bond donors (Lipinski definition) is 1. The average molecular weight is 362 g/mol. The molecule has 7 heteroatoms. The van der Waals surface area contributed by atoms with Gasteiger partial charge in [-0.15, -0.1) is 0 Å². The maximum atomic E-state index is 12.2. The standard InChI is InChI=1S/C18H20ClN3O3/c19-14-3-5-16(6-4-14)25-13-18(24)22-10-8-21(9-11-22)17(23)12-15-2-1-7-20-15/h1-7,20H,8-13H2. The Morgan fingerprint density at radius 3 is 2.24 bits per heavy atom. The van der Waals surface area contributed by atoms with Gasteiger partial charge in [-0.25, -0.2) is 0 Å². The van der Waals surface area contributed by atoms with Crippen molar-refractivity contribution in [1.29, 1.82) is 0 Å². The van der Waals surface area contributed by atoms with Crippen LogP contribution in [-0.2, 0) is 16.0 Å². The highest BCUT2D eigenvalue weighted by Gasteiger charge is 2.24. The fourth-order valence-corrected chi connectivity index (χ4v) is 2.85. The monoisotopic (exact) mass is 361 g/mol. The molecule has 0 unspecified atom stereocenters. The van der Waals surface area contributed by atoms with Gasteiger partial charge in [0.05, 0.1) is 6.42 Å². The van der Waals surface area contributed by atoms with Gasteiger partial charge >= 0.3 is 0 Å². The fourth-order valence-electron chi connectivity index (χ4n) is 2.72. The van der Waals surface area contributed by atoms with E-state index in [9.17, 15) is 9.59 Å². The van der Waals surface area contributed by atoms with Crippen LogP contribution in [0.3, 0.4) is 0 Å². The molecular weight excluding hydrogens is 342 g/mol. The van der Waals surface area contributed by atoms with Crippen LogP contribution in [0.4, 0.5) is 0 Å². The van der Waals surface area contributed by atoms with Crippen molar-refractivity contribution < 1.29 is 14.3 Å². The highest BCUT2D eigenvalue weighted by atomic mass is 35.5. The Kier molecular flexibility index (Phi) is 5.60. The summed E-state index contributed by atoms with van der Waals surface area (Å²) in [5.41, 5.74) is 0.903. The van der Waals surface area contributed by atoms with Crippen LogP contribution in [0.1, 0.15) is 5.69 Å². The zero-order valence-corrected chi connectivity index (χ0v) is 14.5. The smallest absolute Gasteiger partial charge is 0.260 e. The largest absolute Gasteiger partial charge is 0.484 e. The van der Waals surface area contributed by atoms with E-state index in [0.29, 0.717) is 43.4 Å². The summed E-state index contributed by atoms with van der Waals surface area (Å²) in [6.45, 7) is 2.13. The molecule has 1 fully saturated rings. The van der Waals surface area contributed by atoms with Crippen LogP contribution in [0, 0.1) is 0 Å². The molecule has 1 aliphatic heterocycles. The van der Waals surface area contributed by atoms with Crippen molar-refractivity contribution >= 4 is 23.4 Å². The first-order valence-electron chi connectivity index (χ1n) is 8.18. The Morgan fingerprint density at radius 1 is 1.00 bits per heavy atom. The summed E-state index contributed by atoms with van der Waals surface area (Å²) < 4.78 is 5.49. The Morgan fingerprint density at radius 2 is 1.64 bits per heavy atom. The minimum Gasteiger partial charge on any atom is -0.484 e. The molecule has 0 aliphatic carbocycles. The van der Waals surface area contributed by atoms with Gasteiger partial charge in [0.15, 0.2) is 6.61 Å². The molecule has 0 atom stereocenters. The predicted molar refractivity (Wildman–Crippen MR) is 94.6 cm³/mol. The number of nitrogens with zero attached hydrogens (tertiary/aromatic N) is 2. The first kappa shape index (κ1) is 17.4. The minimum absolute atomic E-state index is 0.0158. The molecule has 0 spiro atoms. The number of ether oxygens (including phenoxy) is 1.